The van der Waals surface area contributed by atoms with Crippen molar-refractivity contribution in [1.82, 2.24) is 15.5 Å². The second-order valence-electron chi connectivity index (χ2n) is 4.02. The highest BCUT2D eigenvalue weighted by atomic mass is 79.9. The van der Waals surface area contributed by atoms with Crippen LogP contribution in [0.5, 0.6) is 0 Å². The van der Waals surface area contributed by atoms with E-state index in [4.69, 9.17) is 4.42 Å². The number of hydrogen-bond donors (Lipinski definition) is 1. The number of rotatable bonds is 5. The maximum absolute atomic E-state index is 12.0. The molecule has 0 atom stereocenters. The number of aromatic nitrogens is 2. The molecule has 0 saturated carbocycles. The molecule has 0 radical (unpaired) electrons. The third kappa shape index (κ3) is 4.31. The van der Waals surface area contributed by atoms with Gasteiger partial charge < -0.3 is 9.73 Å². The van der Waals surface area contributed by atoms with E-state index in [9.17, 15) is 13.2 Å². The fraction of sp³-hybridized carbons (Fsp3) is 0.333. The van der Waals surface area contributed by atoms with Crippen molar-refractivity contribution in [3.63, 3.8) is 0 Å². The van der Waals surface area contributed by atoms with Crippen molar-refractivity contribution in [2.24, 2.45) is 0 Å². The van der Waals surface area contributed by atoms with Gasteiger partial charge in [0.15, 0.2) is 0 Å². The molecule has 20 heavy (non-hydrogen) atoms. The van der Waals surface area contributed by atoms with E-state index in [0.717, 1.165) is 10.0 Å². The van der Waals surface area contributed by atoms with Gasteiger partial charge in [0.05, 0.1) is 18.5 Å². The summed E-state index contributed by atoms with van der Waals surface area (Å²) in [6.07, 6.45) is -5.06. The number of benzene rings is 1. The SMILES string of the molecule is FC(F)(F)CCNCc1nnc(-c2ccccc2Br)o1. The fourth-order valence-corrected chi connectivity index (χ4v) is 1.95. The van der Waals surface area contributed by atoms with Crippen molar-refractivity contribution < 1.29 is 17.6 Å². The lowest BCUT2D eigenvalue weighted by Crippen LogP contribution is -2.21. The maximum atomic E-state index is 12.0. The quantitative estimate of drug-likeness (QED) is 0.838. The first kappa shape index (κ1) is 15.0. The molecule has 8 heteroatoms. The van der Waals surface area contributed by atoms with Crippen LogP contribution in [0.4, 0.5) is 13.2 Å². The molecule has 0 bridgehead atoms. The van der Waals surface area contributed by atoms with Gasteiger partial charge in [-0.2, -0.15) is 13.2 Å². The van der Waals surface area contributed by atoms with Crippen molar-refractivity contribution in [1.29, 1.82) is 0 Å². The topological polar surface area (TPSA) is 51.0 Å². The second kappa shape index (κ2) is 6.36. The molecular weight excluding hydrogens is 339 g/mol. The highest BCUT2D eigenvalue weighted by Crippen LogP contribution is 2.26. The van der Waals surface area contributed by atoms with E-state index in [1.54, 1.807) is 6.07 Å². The van der Waals surface area contributed by atoms with Crippen LogP contribution in [0.25, 0.3) is 11.5 Å². The Morgan fingerprint density at radius 2 is 1.95 bits per heavy atom. The standard InChI is InChI=1S/C12H11BrF3N3O/c13-9-4-2-1-3-8(9)11-19-18-10(20-11)7-17-6-5-12(14,15)16/h1-4,17H,5-7H2. The first-order valence-electron chi connectivity index (χ1n) is 5.80. The zero-order valence-electron chi connectivity index (χ0n) is 10.2. The van der Waals surface area contributed by atoms with E-state index in [0.29, 0.717) is 5.89 Å². The minimum Gasteiger partial charge on any atom is -0.419 e. The summed E-state index contributed by atoms with van der Waals surface area (Å²) >= 11 is 3.36. The minimum absolute atomic E-state index is 0.105. The van der Waals surface area contributed by atoms with Crippen LogP contribution < -0.4 is 5.32 Å². The molecule has 1 aromatic heterocycles. The first-order valence-corrected chi connectivity index (χ1v) is 6.60. The highest BCUT2D eigenvalue weighted by Gasteiger charge is 2.26. The highest BCUT2D eigenvalue weighted by molar-refractivity contribution is 9.10. The van der Waals surface area contributed by atoms with Gasteiger partial charge in [-0.15, -0.1) is 10.2 Å². The lowest BCUT2D eigenvalue weighted by atomic mass is 10.2. The van der Waals surface area contributed by atoms with Gasteiger partial charge in [-0.25, -0.2) is 0 Å². The Morgan fingerprint density at radius 3 is 2.65 bits per heavy atom. The molecule has 1 aromatic carbocycles. The van der Waals surface area contributed by atoms with Crippen molar-refractivity contribution in [3.8, 4) is 11.5 Å². The average molecular weight is 350 g/mol. The fourth-order valence-electron chi connectivity index (χ4n) is 1.49. The van der Waals surface area contributed by atoms with Crippen LogP contribution in [0.1, 0.15) is 12.3 Å². The summed E-state index contributed by atoms with van der Waals surface area (Å²) in [5.41, 5.74) is 0.738. The van der Waals surface area contributed by atoms with E-state index in [1.165, 1.54) is 0 Å². The molecule has 108 valence electrons. The Morgan fingerprint density at radius 1 is 1.20 bits per heavy atom. The summed E-state index contributed by atoms with van der Waals surface area (Å²) in [5.74, 6) is 0.572. The van der Waals surface area contributed by atoms with E-state index in [2.05, 4.69) is 31.4 Å². The Labute approximate surface area is 121 Å². The summed E-state index contributed by atoms with van der Waals surface area (Å²) in [5, 5.41) is 10.3. The summed E-state index contributed by atoms with van der Waals surface area (Å²) in [6, 6.07) is 7.31. The molecule has 2 aromatic rings. The summed E-state index contributed by atoms with van der Waals surface area (Å²) < 4.78 is 42.1. The van der Waals surface area contributed by atoms with Gasteiger partial charge in [0.1, 0.15) is 0 Å². The Bertz CT molecular complexity index is 571. The summed E-state index contributed by atoms with van der Waals surface area (Å²) in [6.45, 7) is -0.0796. The third-order valence-corrected chi connectivity index (χ3v) is 3.12. The second-order valence-corrected chi connectivity index (χ2v) is 4.88. The molecule has 0 saturated heterocycles. The summed E-state index contributed by atoms with van der Waals surface area (Å²) in [4.78, 5) is 0. The molecule has 1 heterocycles. The molecule has 0 aliphatic carbocycles. The molecular formula is C12H11BrF3N3O. The lowest BCUT2D eigenvalue weighted by Gasteiger charge is -2.05. The van der Waals surface area contributed by atoms with Crippen molar-refractivity contribution in [3.05, 3.63) is 34.6 Å². The van der Waals surface area contributed by atoms with E-state index >= 15 is 0 Å². The Balaban J connectivity index is 1.92. The van der Waals surface area contributed by atoms with Gasteiger partial charge in [0.2, 0.25) is 11.8 Å². The Kier molecular flexibility index (Phi) is 4.77. The monoisotopic (exact) mass is 349 g/mol. The molecule has 0 fully saturated rings. The van der Waals surface area contributed by atoms with Crippen molar-refractivity contribution >= 4 is 15.9 Å². The predicted octanol–water partition coefficient (Wildman–Crippen LogP) is 3.54. The van der Waals surface area contributed by atoms with E-state index in [1.807, 2.05) is 18.2 Å². The molecule has 0 aliphatic heterocycles. The zero-order valence-corrected chi connectivity index (χ0v) is 11.8. The van der Waals surface area contributed by atoms with Crippen LogP contribution in [0, 0.1) is 0 Å². The predicted molar refractivity (Wildman–Crippen MR) is 69.8 cm³/mol. The van der Waals surface area contributed by atoms with Crippen LogP contribution in [0.2, 0.25) is 0 Å². The number of halogens is 4. The van der Waals surface area contributed by atoms with Gasteiger partial charge in [-0.1, -0.05) is 12.1 Å². The van der Waals surface area contributed by atoms with E-state index in [-0.39, 0.29) is 19.0 Å². The van der Waals surface area contributed by atoms with Crippen LogP contribution in [0.3, 0.4) is 0 Å². The molecule has 1 N–H and O–H groups in total. The molecule has 2 rings (SSSR count). The third-order valence-electron chi connectivity index (χ3n) is 2.43. The van der Waals surface area contributed by atoms with Crippen LogP contribution in [0.15, 0.2) is 33.2 Å². The minimum atomic E-state index is -4.16. The van der Waals surface area contributed by atoms with Gasteiger partial charge >= 0.3 is 6.18 Å². The van der Waals surface area contributed by atoms with E-state index < -0.39 is 12.6 Å². The largest absolute Gasteiger partial charge is 0.419 e. The number of hydrogen-bond acceptors (Lipinski definition) is 4. The van der Waals surface area contributed by atoms with Crippen LogP contribution in [-0.4, -0.2) is 22.9 Å². The molecule has 0 amide bonds. The number of nitrogens with zero attached hydrogens (tertiary/aromatic N) is 2. The average Bonchev–Trinajstić information content (AvgIpc) is 2.83. The van der Waals surface area contributed by atoms with Gasteiger partial charge in [0, 0.05) is 11.0 Å². The van der Waals surface area contributed by atoms with Crippen LogP contribution >= 0.6 is 15.9 Å². The van der Waals surface area contributed by atoms with Crippen molar-refractivity contribution in [2.45, 2.75) is 19.1 Å². The molecule has 4 nitrogen and oxygen atoms in total. The molecule has 0 aliphatic rings. The van der Waals surface area contributed by atoms with Crippen molar-refractivity contribution in [2.75, 3.05) is 6.54 Å². The maximum Gasteiger partial charge on any atom is 0.390 e. The molecule has 0 spiro atoms. The molecule has 0 unspecified atom stereocenters. The number of nitrogens with one attached hydrogen (secondary N) is 1. The zero-order chi connectivity index (χ0) is 14.6. The van der Waals surface area contributed by atoms with Gasteiger partial charge in [0.25, 0.3) is 0 Å². The van der Waals surface area contributed by atoms with Crippen LogP contribution in [-0.2, 0) is 6.54 Å². The normalized spacial score (nSPS) is 11.8. The lowest BCUT2D eigenvalue weighted by molar-refractivity contribution is -0.133. The van der Waals surface area contributed by atoms with Gasteiger partial charge in [-0.05, 0) is 28.1 Å². The summed E-state index contributed by atoms with van der Waals surface area (Å²) in [7, 11) is 0. The first-order chi connectivity index (χ1) is 9.46. The van der Waals surface area contributed by atoms with Gasteiger partial charge in [-0.3, -0.25) is 0 Å². The smallest absolute Gasteiger partial charge is 0.390 e. The Hall–Kier alpha value is -1.41. The number of alkyl halides is 3.